The quantitative estimate of drug-likeness (QED) is 0.0896. The molecule has 0 N–H and O–H groups in total. The molecule has 734 valence electrons. The molecule has 6 nitrogen and oxygen atoms in total. The smallest absolute Gasteiger partial charge is 0.486 e. The summed E-state index contributed by atoms with van der Waals surface area (Å²) < 4.78 is 49.2. The summed E-state index contributed by atoms with van der Waals surface area (Å²) in [4.78, 5) is 25.4. The van der Waals surface area contributed by atoms with Crippen LogP contribution in [-0.2, 0) is 79.2 Å². The maximum Gasteiger partial charge on any atom is 1.00 e. The van der Waals surface area contributed by atoms with E-state index in [9.17, 15) is 13.2 Å². The zero-order valence-corrected chi connectivity index (χ0v) is 98.4. The molecule has 0 amide bonds. The third kappa shape index (κ3) is 20.4. The van der Waals surface area contributed by atoms with E-state index in [0.717, 1.165) is 135 Å². The number of halogens is 3. The third-order valence-electron chi connectivity index (χ3n) is 28.4. The van der Waals surface area contributed by atoms with Gasteiger partial charge in [0.15, 0.2) is 0 Å². The molecule has 0 saturated carbocycles. The zero-order valence-electron chi connectivity index (χ0n) is 84.2. The number of rotatable bonds is 12. The summed E-state index contributed by atoms with van der Waals surface area (Å²) in [5.41, 5.74) is 39.6. The molecular formula is C133H102F3N5OOs4P4+4. The van der Waals surface area contributed by atoms with Crippen molar-refractivity contribution in [1.82, 2.24) is 24.9 Å². The van der Waals surface area contributed by atoms with Crippen LogP contribution in [0.25, 0.3) is 201 Å². The minimum atomic E-state index is -1.11. The topological polar surface area (TPSA) is 77.6 Å². The minimum Gasteiger partial charge on any atom is -0.486 e. The van der Waals surface area contributed by atoms with Crippen molar-refractivity contribution in [3.05, 3.63) is 464 Å². The van der Waals surface area contributed by atoms with Gasteiger partial charge < -0.3 is 4.42 Å². The van der Waals surface area contributed by atoms with Crippen molar-refractivity contribution in [3.8, 4) is 179 Å². The molecule has 17 heteroatoms. The van der Waals surface area contributed by atoms with Crippen LogP contribution in [0.1, 0.15) is 48.7 Å². The average molecular weight is 2730 g/mol. The van der Waals surface area contributed by atoms with Gasteiger partial charge in [-0.3, -0.25) is 33.1 Å². The summed E-state index contributed by atoms with van der Waals surface area (Å²) in [6, 6.07) is 150. The molecule has 4 atom stereocenters. The second-order valence-corrected chi connectivity index (χ2v) is 49.3. The van der Waals surface area contributed by atoms with Gasteiger partial charge in [-0.05, 0) is 180 Å². The Balaban J connectivity index is 0.000000125. The number of nitrogens with zero attached hydrogens (tertiary/aromatic N) is 5. The number of fused-ring (bicyclic) bond motifs is 15. The van der Waals surface area contributed by atoms with Gasteiger partial charge >= 0.3 is 79.2 Å². The standard InChI is InChI=1S/C40H32N2OP.C32H24FNP.C31H23NP.C30H19F2NP.4Os/c1-24-20-32-30-19-18-25(2)41-39(30)43-37(32)33(21-24)35-23-27(26-12-7-6-8-13-26)22-34(42-35)31-16-11-15-29-28-14-9-10-17-36(28)44(38(29)31)40(3,4)5;1-20-16-24(17-21(2)31(20)33)28-18-23(22-10-5-4-6-11-22)19-29(34-28)27-14-9-13-26-25-12-7-8-15-30(25)35(3)32(26)27;1-21-10-8-13-23(18-21)28-19-24(22-11-4-3-5-12-22)20-29(32-28)27-16-9-15-26-25-14-6-7-17-30(25)33(2)31(26)27;1-34-29-13-6-5-10-22(29)23-11-7-12-25(30(23)34)28-17-20(19-8-3-2-4-9-19)16-27(33-28)24-15-14-21(31)18-26(24)32;;;;/h6-20,22-23H,1-5H3;4-16,18-19H,1-3H3;3-12,14-20H,1-2H3;2-14,16-18H,1H3;;;;/q4*-1;4*+1/p+4. The fourth-order valence-corrected chi connectivity index (χ4v) is 32.7. The van der Waals surface area contributed by atoms with Crippen molar-refractivity contribution in [1.29, 1.82) is 0 Å². The SMILES string of the molecule is C[PH+]1c2ccccc2-c2cccc(-c3cc(-c4ccccc4)cc(-c4[c-]cc(F)cc4F)n3)c21.Cc1[c-]c(-c2cc(-c3ccccc3)cc(-c3cccc4c3[PH+](C(C)(C)C)c3ccccc3-4)n2)c2oc3nc(C)ccc3c2c1.Cc1[c-]c(-c2cc(-c3ccccc3)cc(-c3cccc4c3[PH+](C)c3ccccc3-4)n2)cc(C)c1F.Cc1cc[c-]c(-c2cc(-c3ccccc3)cc(-c3cccc4c3[PH+](C)c3ccccc3-4)n2)c1.[Os+].[Os+].[Os+].[Os+]. The first-order chi connectivity index (χ1) is 71.1. The van der Waals surface area contributed by atoms with Crippen molar-refractivity contribution in [2.24, 2.45) is 0 Å². The summed E-state index contributed by atoms with van der Waals surface area (Å²) in [5.74, 6) is -1.53. The minimum absolute atomic E-state index is 0. The number of pyridine rings is 5. The normalized spacial score (nSPS) is 13.7. The zero-order chi connectivity index (χ0) is 99.9. The molecule has 150 heavy (non-hydrogen) atoms. The molecule has 10 heterocycles. The maximum atomic E-state index is 14.8. The van der Waals surface area contributed by atoms with Crippen LogP contribution in [0.4, 0.5) is 13.2 Å². The predicted molar refractivity (Wildman–Crippen MR) is 616 cm³/mol. The fraction of sp³-hybridized carbons (Fsp3) is 0.0902. The first-order valence-electron chi connectivity index (χ1n) is 49.5. The van der Waals surface area contributed by atoms with Crippen LogP contribution in [0.2, 0.25) is 0 Å². The third-order valence-corrected chi connectivity index (χ3v) is 39.6. The number of hydrogen-bond acceptors (Lipinski definition) is 6. The Bertz CT molecular complexity index is 8910. The molecule has 0 saturated heterocycles. The molecular weight excluding hydrogens is 2630 g/mol. The summed E-state index contributed by atoms with van der Waals surface area (Å²) in [7, 11) is -3.87. The van der Waals surface area contributed by atoms with Crippen LogP contribution in [0, 0.1) is 76.3 Å². The van der Waals surface area contributed by atoms with Gasteiger partial charge in [0, 0.05) is 95.3 Å². The molecule has 0 fully saturated rings. The van der Waals surface area contributed by atoms with E-state index in [2.05, 4.69) is 400 Å². The summed E-state index contributed by atoms with van der Waals surface area (Å²) in [6.45, 7) is 24.0. The average Bonchev–Trinajstić information content (AvgIpc) is 1.57. The van der Waals surface area contributed by atoms with Gasteiger partial charge in [-0.25, -0.2) is 4.98 Å². The molecule has 6 aromatic heterocycles. The number of benzene rings is 16. The Kier molecular flexibility index (Phi) is 31.4. The summed E-state index contributed by atoms with van der Waals surface area (Å²) in [5, 5.41) is 13.7. The Morgan fingerprint density at radius 1 is 0.293 bits per heavy atom. The molecule has 26 rings (SSSR count). The predicted octanol–water partition coefficient (Wildman–Crippen LogP) is 31.0. The van der Waals surface area contributed by atoms with Crippen molar-refractivity contribution < 1.29 is 96.8 Å². The molecule has 0 bridgehead atoms. The van der Waals surface area contributed by atoms with Crippen molar-refractivity contribution >= 4 is 96.2 Å². The van der Waals surface area contributed by atoms with Crippen molar-refractivity contribution in [2.45, 2.75) is 60.5 Å². The van der Waals surface area contributed by atoms with E-state index < -0.39 is 43.3 Å². The van der Waals surface area contributed by atoms with Crippen LogP contribution < -0.4 is 42.4 Å². The van der Waals surface area contributed by atoms with Crippen molar-refractivity contribution in [3.63, 3.8) is 0 Å². The molecule has 22 aromatic rings. The Morgan fingerprint density at radius 3 is 1.07 bits per heavy atom. The van der Waals surface area contributed by atoms with E-state index >= 15 is 0 Å². The van der Waals surface area contributed by atoms with Gasteiger partial charge in [0.25, 0.3) is 0 Å². The first-order valence-corrected chi connectivity index (χ1v) is 57.0. The van der Waals surface area contributed by atoms with E-state index in [0.29, 0.717) is 22.5 Å². The Morgan fingerprint density at radius 2 is 0.653 bits per heavy atom. The summed E-state index contributed by atoms with van der Waals surface area (Å²) >= 11 is 0. The largest absolute Gasteiger partial charge is 1.00 e. The van der Waals surface area contributed by atoms with Gasteiger partial charge in [-0.2, -0.15) is 0 Å². The monoisotopic (exact) mass is 2730 g/mol. The van der Waals surface area contributed by atoms with E-state index in [1.54, 1.807) is 13.8 Å². The van der Waals surface area contributed by atoms with E-state index in [4.69, 9.17) is 29.3 Å². The first kappa shape index (κ1) is 106. The van der Waals surface area contributed by atoms with Crippen LogP contribution in [0.5, 0.6) is 0 Å². The fourth-order valence-electron chi connectivity index (χ4n) is 21.7. The van der Waals surface area contributed by atoms with Gasteiger partial charge in [-0.1, -0.05) is 328 Å². The van der Waals surface area contributed by atoms with Gasteiger partial charge in [-0.15, -0.1) is 82.9 Å². The molecule has 0 spiro atoms. The van der Waals surface area contributed by atoms with Crippen molar-refractivity contribution in [2.75, 3.05) is 20.0 Å². The molecule has 4 aliphatic rings. The molecule has 4 unspecified atom stereocenters. The second kappa shape index (κ2) is 44.6. The molecule has 4 aliphatic heterocycles. The Hall–Kier alpha value is -12.9. The molecule has 0 aliphatic carbocycles. The number of furan rings is 1. The van der Waals surface area contributed by atoms with Crippen LogP contribution in [-0.4, -0.2) is 50.1 Å². The van der Waals surface area contributed by atoms with E-state index in [1.165, 1.54) is 120 Å². The van der Waals surface area contributed by atoms with Gasteiger partial charge in [0.2, 0.25) is 5.71 Å². The maximum absolute atomic E-state index is 14.8. The van der Waals surface area contributed by atoms with E-state index in [1.807, 2.05) is 67.6 Å². The summed E-state index contributed by atoms with van der Waals surface area (Å²) in [6.07, 6.45) is 0. The Labute approximate surface area is 932 Å². The number of aryl methyl sites for hydroxylation is 5. The van der Waals surface area contributed by atoms with Gasteiger partial charge in [0.05, 0.1) is 85.2 Å². The molecule has 16 aromatic carbocycles. The second-order valence-electron chi connectivity index (χ2n) is 39.2. The van der Waals surface area contributed by atoms with Crippen LogP contribution in [0.3, 0.4) is 0 Å². The van der Waals surface area contributed by atoms with Gasteiger partial charge in [0.1, 0.15) is 42.4 Å². The number of aromatic nitrogens is 5. The van der Waals surface area contributed by atoms with Crippen LogP contribution in [0.15, 0.2) is 399 Å². The molecule has 4 radical (unpaired) electrons. The number of hydrogen-bond donors (Lipinski definition) is 0. The van der Waals surface area contributed by atoms with E-state index in [-0.39, 0.29) is 95.7 Å². The van der Waals surface area contributed by atoms with Crippen LogP contribution >= 0.6 is 31.7 Å².